The molecule has 7 aromatic carbocycles. The summed E-state index contributed by atoms with van der Waals surface area (Å²) in [5.41, 5.74) is 11.4. The Balaban J connectivity index is 1.13. The Morgan fingerprint density at radius 3 is 1.38 bits per heavy atom. The van der Waals surface area contributed by atoms with Gasteiger partial charge in [0.1, 0.15) is 0 Å². The molecule has 9 aromatic rings. The van der Waals surface area contributed by atoms with Crippen molar-refractivity contribution in [1.82, 2.24) is 15.0 Å². The number of aromatic nitrogens is 3. The van der Waals surface area contributed by atoms with Crippen molar-refractivity contribution in [1.29, 1.82) is 0 Å². The zero-order valence-corrected chi connectivity index (χ0v) is 32.0. The van der Waals surface area contributed by atoms with Gasteiger partial charge in [-0.25, -0.2) is 0 Å². The Kier molecular flexibility index (Phi) is 8.32. The normalized spacial score (nSPS) is 11.7. The SMILES string of the molecule is [CH3][Ge]([CH3])([CH3])[c]1ccc(-c2nc(-c3ccc(-c4ccccc4)cc3)nc(-c3ccc4c(c3)oc3cccc(-c5ccc(-c6ccccc6)cc5)c34)n2)cc1. The van der Waals surface area contributed by atoms with Crippen molar-refractivity contribution in [3.05, 3.63) is 170 Å². The van der Waals surface area contributed by atoms with Gasteiger partial charge in [-0.05, 0) is 28.3 Å². The standard InChI is InChI=1S/C48H37GeN3O/c1-49(2,3)40-28-25-38(26-29-40)47-50-46(37-23-19-35(20-24-37)33-13-8-5-9-14-33)51-48(52-47)39-27-30-42-44(31-39)53-43-16-10-15-41(45(42)43)36-21-17-34(18-22-36)32-11-6-4-7-12-32/h4-31H,1-3H3. The molecule has 0 saturated carbocycles. The van der Waals surface area contributed by atoms with Crippen LogP contribution in [0.25, 0.3) is 89.5 Å². The van der Waals surface area contributed by atoms with E-state index in [-0.39, 0.29) is 0 Å². The fraction of sp³-hybridized carbons (Fsp3) is 0.0625. The van der Waals surface area contributed by atoms with Crippen molar-refractivity contribution >= 4 is 39.6 Å². The van der Waals surface area contributed by atoms with E-state index in [1.807, 2.05) is 18.2 Å². The summed E-state index contributed by atoms with van der Waals surface area (Å²) in [6, 6.07) is 59.5. The Morgan fingerprint density at radius 1 is 0.377 bits per heavy atom. The van der Waals surface area contributed by atoms with Crippen LogP contribution in [0.4, 0.5) is 0 Å². The number of hydrogen-bond donors (Lipinski definition) is 0. The van der Waals surface area contributed by atoms with Gasteiger partial charge in [-0.15, -0.1) is 0 Å². The molecule has 0 atom stereocenters. The molecule has 0 spiro atoms. The zero-order valence-electron chi connectivity index (χ0n) is 29.9. The quantitative estimate of drug-likeness (QED) is 0.153. The summed E-state index contributed by atoms with van der Waals surface area (Å²) in [6.07, 6.45) is 0. The van der Waals surface area contributed by atoms with E-state index in [0.29, 0.717) is 17.5 Å². The van der Waals surface area contributed by atoms with E-state index >= 15 is 0 Å². The van der Waals surface area contributed by atoms with Gasteiger partial charge in [0.15, 0.2) is 0 Å². The van der Waals surface area contributed by atoms with Crippen LogP contribution in [-0.2, 0) is 0 Å². The average molecular weight is 744 g/mol. The van der Waals surface area contributed by atoms with Crippen LogP contribution < -0.4 is 4.40 Å². The number of rotatable bonds is 7. The van der Waals surface area contributed by atoms with Crippen LogP contribution in [-0.4, -0.2) is 28.2 Å². The topological polar surface area (TPSA) is 51.8 Å². The van der Waals surface area contributed by atoms with Crippen molar-refractivity contribution in [2.75, 3.05) is 0 Å². The van der Waals surface area contributed by atoms with E-state index in [0.717, 1.165) is 55.3 Å². The van der Waals surface area contributed by atoms with Crippen LogP contribution >= 0.6 is 0 Å². The molecule has 2 aromatic heterocycles. The second-order valence-electron chi connectivity index (χ2n) is 14.5. The summed E-state index contributed by atoms with van der Waals surface area (Å²) in [6.45, 7) is 0. The molecule has 0 amide bonds. The van der Waals surface area contributed by atoms with E-state index in [9.17, 15) is 0 Å². The molecule has 0 bridgehead atoms. The number of fused-ring (bicyclic) bond motifs is 3. The van der Waals surface area contributed by atoms with Gasteiger partial charge < -0.3 is 0 Å². The fourth-order valence-corrected chi connectivity index (χ4v) is 9.45. The third-order valence-electron chi connectivity index (χ3n) is 9.95. The Labute approximate surface area is 312 Å². The summed E-state index contributed by atoms with van der Waals surface area (Å²) < 4.78 is 7.98. The first-order chi connectivity index (χ1) is 25.9. The molecule has 254 valence electrons. The van der Waals surface area contributed by atoms with Crippen molar-refractivity contribution in [3.8, 4) is 67.5 Å². The molecule has 0 aliphatic carbocycles. The molecular formula is C48H37GeN3O. The molecular weight excluding hydrogens is 707 g/mol. The predicted molar refractivity (Wildman–Crippen MR) is 223 cm³/mol. The maximum absolute atomic E-state index is 6.53. The van der Waals surface area contributed by atoms with Crippen LogP contribution in [0, 0.1) is 0 Å². The summed E-state index contributed by atoms with van der Waals surface area (Å²) in [4.78, 5) is 15.2. The number of hydrogen-bond acceptors (Lipinski definition) is 4. The second-order valence-corrected chi connectivity index (χ2v) is 25.2. The Bertz CT molecular complexity index is 2710. The Hall–Kier alpha value is -6.11. The average Bonchev–Trinajstić information content (AvgIpc) is 3.59. The maximum atomic E-state index is 6.53. The van der Waals surface area contributed by atoms with Crippen LogP contribution in [0.2, 0.25) is 17.3 Å². The summed E-state index contributed by atoms with van der Waals surface area (Å²) in [7, 11) is 0. The van der Waals surface area contributed by atoms with E-state index in [4.69, 9.17) is 19.4 Å². The van der Waals surface area contributed by atoms with Crippen LogP contribution in [0.3, 0.4) is 0 Å². The molecule has 53 heavy (non-hydrogen) atoms. The third kappa shape index (κ3) is 6.47. The molecule has 5 heteroatoms. The van der Waals surface area contributed by atoms with Crippen LogP contribution in [0.1, 0.15) is 0 Å². The summed E-state index contributed by atoms with van der Waals surface area (Å²) in [5.74, 6) is 9.11. The zero-order chi connectivity index (χ0) is 35.9. The van der Waals surface area contributed by atoms with Crippen LogP contribution in [0.5, 0.6) is 0 Å². The Morgan fingerprint density at radius 2 is 0.830 bits per heavy atom. The van der Waals surface area contributed by atoms with Crippen LogP contribution in [0.15, 0.2) is 174 Å². The van der Waals surface area contributed by atoms with Crippen molar-refractivity contribution in [2.24, 2.45) is 0 Å². The molecule has 9 rings (SSSR count). The van der Waals surface area contributed by atoms with Gasteiger partial charge in [0.05, 0.1) is 0 Å². The first-order valence-electron chi connectivity index (χ1n) is 18.0. The molecule has 0 radical (unpaired) electrons. The third-order valence-corrected chi connectivity index (χ3v) is 14.3. The van der Waals surface area contributed by atoms with Crippen molar-refractivity contribution in [3.63, 3.8) is 0 Å². The van der Waals surface area contributed by atoms with Gasteiger partial charge in [-0.2, -0.15) is 0 Å². The van der Waals surface area contributed by atoms with E-state index in [1.54, 1.807) is 0 Å². The van der Waals surface area contributed by atoms with E-state index in [2.05, 4.69) is 169 Å². The fourth-order valence-electron chi connectivity index (χ4n) is 7.00. The molecule has 0 aliphatic rings. The van der Waals surface area contributed by atoms with Gasteiger partial charge in [0, 0.05) is 0 Å². The first-order valence-corrected chi connectivity index (χ1v) is 25.4. The number of benzene rings is 7. The molecule has 0 fully saturated rings. The van der Waals surface area contributed by atoms with Gasteiger partial charge >= 0.3 is 188 Å². The van der Waals surface area contributed by atoms with Gasteiger partial charge in [0.2, 0.25) is 0 Å². The number of nitrogens with zero attached hydrogens (tertiary/aromatic N) is 3. The van der Waals surface area contributed by atoms with Crippen molar-refractivity contribution in [2.45, 2.75) is 17.3 Å². The van der Waals surface area contributed by atoms with Gasteiger partial charge in [-0.3, -0.25) is 0 Å². The van der Waals surface area contributed by atoms with Gasteiger partial charge in [-0.1, -0.05) is 97.1 Å². The molecule has 0 saturated heterocycles. The van der Waals surface area contributed by atoms with Crippen molar-refractivity contribution < 1.29 is 4.42 Å². The number of furan rings is 1. The first kappa shape index (κ1) is 32.8. The summed E-state index contributed by atoms with van der Waals surface area (Å²) in [5, 5.41) is 2.15. The minimum absolute atomic E-state index is 0.605. The molecule has 0 N–H and O–H groups in total. The predicted octanol–water partition coefficient (Wildman–Crippen LogP) is 12.3. The molecule has 2 heterocycles. The second kappa shape index (κ2) is 13.5. The molecule has 0 unspecified atom stereocenters. The molecule has 0 aliphatic heterocycles. The minimum atomic E-state index is -1.99. The monoisotopic (exact) mass is 745 g/mol. The summed E-state index contributed by atoms with van der Waals surface area (Å²) >= 11 is -1.99. The van der Waals surface area contributed by atoms with Gasteiger partial charge in [0.25, 0.3) is 0 Å². The van der Waals surface area contributed by atoms with E-state index < -0.39 is 13.3 Å². The van der Waals surface area contributed by atoms with E-state index in [1.165, 1.54) is 21.1 Å². The molecule has 4 nitrogen and oxygen atoms in total.